The van der Waals surface area contributed by atoms with Gasteiger partial charge in [-0.2, -0.15) is 5.10 Å². The van der Waals surface area contributed by atoms with Crippen LogP contribution in [0.3, 0.4) is 0 Å². The van der Waals surface area contributed by atoms with Gasteiger partial charge in [-0.25, -0.2) is 4.68 Å². The van der Waals surface area contributed by atoms with Crippen molar-refractivity contribution in [3.8, 4) is 11.4 Å². The van der Waals surface area contributed by atoms with Gasteiger partial charge in [-0.3, -0.25) is 0 Å². The van der Waals surface area contributed by atoms with Crippen LogP contribution in [0.15, 0.2) is 53.1 Å². The van der Waals surface area contributed by atoms with Crippen molar-refractivity contribution in [2.24, 2.45) is 0 Å². The number of hydrogen-bond acceptors (Lipinski definition) is 2. The third-order valence-electron chi connectivity index (χ3n) is 2.99. The third kappa shape index (κ3) is 2.56. The molecule has 0 aliphatic carbocycles. The van der Waals surface area contributed by atoms with E-state index in [0.29, 0.717) is 0 Å². The number of nitrogens with zero attached hydrogens (tertiary/aromatic N) is 2. The number of ether oxygens (including phenoxy) is 1. The van der Waals surface area contributed by atoms with Gasteiger partial charge in [-0.1, -0.05) is 22.0 Å². The van der Waals surface area contributed by atoms with Gasteiger partial charge in [0.05, 0.1) is 23.5 Å². The van der Waals surface area contributed by atoms with Gasteiger partial charge in [-0.05, 0) is 50.2 Å². The number of fused-ring (bicyclic) bond motifs is 1. The molecule has 0 unspecified atom stereocenters. The van der Waals surface area contributed by atoms with Crippen LogP contribution >= 0.6 is 15.9 Å². The molecule has 1 aromatic heterocycles. The Bertz CT molecular complexity index is 732. The van der Waals surface area contributed by atoms with Crippen molar-refractivity contribution in [2.45, 2.75) is 20.0 Å². The fourth-order valence-electron chi connectivity index (χ4n) is 2.14. The molecule has 1 heterocycles. The summed E-state index contributed by atoms with van der Waals surface area (Å²) >= 11 is 3.50. The lowest BCUT2D eigenvalue weighted by Crippen LogP contribution is -2.05. The molecule has 0 aliphatic rings. The number of halogens is 1. The summed E-state index contributed by atoms with van der Waals surface area (Å²) < 4.78 is 8.63. The predicted octanol–water partition coefficient (Wildman–Crippen LogP) is 4.58. The van der Waals surface area contributed by atoms with E-state index in [1.165, 1.54) is 0 Å². The minimum absolute atomic E-state index is 0.183. The molecule has 3 rings (SSSR count). The monoisotopic (exact) mass is 330 g/mol. The molecular weight excluding hydrogens is 316 g/mol. The second-order valence-electron chi connectivity index (χ2n) is 4.92. The number of aromatic nitrogens is 2. The van der Waals surface area contributed by atoms with Crippen molar-refractivity contribution in [3.05, 3.63) is 53.1 Å². The van der Waals surface area contributed by atoms with Gasteiger partial charge in [0, 0.05) is 9.86 Å². The van der Waals surface area contributed by atoms with E-state index in [1.807, 2.05) is 55.1 Å². The van der Waals surface area contributed by atoms with Crippen molar-refractivity contribution in [2.75, 3.05) is 0 Å². The molecule has 0 spiro atoms. The van der Waals surface area contributed by atoms with E-state index in [4.69, 9.17) is 4.74 Å². The Hall–Kier alpha value is -1.81. The molecule has 102 valence electrons. The van der Waals surface area contributed by atoms with Crippen LogP contribution < -0.4 is 4.74 Å². The summed E-state index contributed by atoms with van der Waals surface area (Å²) in [5, 5.41) is 5.57. The molecule has 0 atom stereocenters. The summed E-state index contributed by atoms with van der Waals surface area (Å²) in [7, 11) is 0. The molecule has 0 saturated heterocycles. The Labute approximate surface area is 126 Å². The summed E-state index contributed by atoms with van der Waals surface area (Å²) in [6.45, 7) is 4.04. The van der Waals surface area contributed by atoms with E-state index in [2.05, 4.69) is 33.2 Å². The number of benzene rings is 2. The van der Waals surface area contributed by atoms with Crippen LogP contribution in [-0.2, 0) is 0 Å². The van der Waals surface area contributed by atoms with Gasteiger partial charge in [-0.15, -0.1) is 0 Å². The lowest BCUT2D eigenvalue weighted by atomic mass is 10.2. The van der Waals surface area contributed by atoms with Crippen LogP contribution in [0, 0.1) is 0 Å². The first-order valence-corrected chi connectivity index (χ1v) is 7.33. The molecule has 0 N–H and O–H groups in total. The Morgan fingerprint density at radius 3 is 2.55 bits per heavy atom. The Kier molecular flexibility index (Phi) is 3.49. The quantitative estimate of drug-likeness (QED) is 0.703. The van der Waals surface area contributed by atoms with Gasteiger partial charge in [0.1, 0.15) is 5.75 Å². The minimum atomic E-state index is 0.183. The highest BCUT2D eigenvalue weighted by atomic mass is 79.9. The van der Waals surface area contributed by atoms with E-state index in [1.54, 1.807) is 0 Å². The average molecular weight is 331 g/mol. The summed E-state index contributed by atoms with van der Waals surface area (Å²) in [5.74, 6) is 0.876. The third-order valence-corrected chi connectivity index (χ3v) is 3.48. The van der Waals surface area contributed by atoms with Crippen molar-refractivity contribution in [1.82, 2.24) is 9.78 Å². The van der Waals surface area contributed by atoms with Gasteiger partial charge >= 0.3 is 0 Å². The number of rotatable bonds is 3. The van der Waals surface area contributed by atoms with Crippen LogP contribution in [0.1, 0.15) is 13.8 Å². The van der Waals surface area contributed by atoms with Crippen LogP contribution in [0.5, 0.6) is 5.75 Å². The van der Waals surface area contributed by atoms with E-state index >= 15 is 0 Å². The largest absolute Gasteiger partial charge is 0.491 e. The molecule has 0 aliphatic heterocycles. The first-order chi connectivity index (χ1) is 9.63. The van der Waals surface area contributed by atoms with E-state index in [9.17, 15) is 0 Å². The normalized spacial score (nSPS) is 11.2. The number of hydrogen-bond donors (Lipinski definition) is 0. The van der Waals surface area contributed by atoms with Crippen molar-refractivity contribution in [1.29, 1.82) is 0 Å². The fourth-order valence-corrected chi connectivity index (χ4v) is 2.48. The van der Waals surface area contributed by atoms with E-state index in [0.717, 1.165) is 26.8 Å². The highest BCUT2D eigenvalue weighted by molar-refractivity contribution is 9.10. The van der Waals surface area contributed by atoms with Crippen LogP contribution in [0.25, 0.3) is 16.6 Å². The topological polar surface area (TPSA) is 27.1 Å². The Morgan fingerprint density at radius 1 is 1.10 bits per heavy atom. The minimum Gasteiger partial charge on any atom is -0.491 e. The highest BCUT2D eigenvalue weighted by Crippen LogP contribution is 2.23. The van der Waals surface area contributed by atoms with E-state index in [-0.39, 0.29) is 6.10 Å². The first kappa shape index (κ1) is 13.2. The highest BCUT2D eigenvalue weighted by Gasteiger charge is 2.06. The summed E-state index contributed by atoms with van der Waals surface area (Å²) in [5.41, 5.74) is 2.10. The second-order valence-corrected chi connectivity index (χ2v) is 5.84. The zero-order valence-corrected chi connectivity index (χ0v) is 13.0. The maximum atomic E-state index is 5.66. The molecule has 0 bridgehead atoms. The van der Waals surface area contributed by atoms with Crippen LogP contribution in [-0.4, -0.2) is 15.9 Å². The molecule has 3 aromatic rings. The Balaban J connectivity index is 2.00. The lowest BCUT2D eigenvalue weighted by Gasteiger charge is -2.10. The van der Waals surface area contributed by atoms with Crippen LogP contribution in [0.4, 0.5) is 0 Å². The first-order valence-electron chi connectivity index (χ1n) is 6.54. The summed E-state index contributed by atoms with van der Waals surface area (Å²) in [6.07, 6.45) is 2.06. The molecule has 0 radical (unpaired) electrons. The molecule has 0 fully saturated rings. The maximum absolute atomic E-state index is 5.66. The second kappa shape index (κ2) is 5.29. The van der Waals surface area contributed by atoms with Gasteiger partial charge in [0.15, 0.2) is 0 Å². The zero-order chi connectivity index (χ0) is 14.1. The molecule has 0 saturated carbocycles. The zero-order valence-electron chi connectivity index (χ0n) is 11.4. The molecule has 2 aromatic carbocycles. The van der Waals surface area contributed by atoms with E-state index < -0.39 is 0 Å². The maximum Gasteiger partial charge on any atom is 0.119 e. The average Bonchev–Trinajstić information content (AvgIpc) is 2.82. The lowest BCUT2D eigenvalue weighted by molar-refractivity contribution is 0.242. The van der Waals surface area contributed by atoms with Gasteiger partial charge < -0.3 is 4.74 Å². The molecular formula is C16H15BrN2O. The molecule has 4 heteroatoms. The standard InChI is InChI=1S/C16H15BrN2O/c1-11(2)20-15-7-5-14(6-8-15)19-16-9-13(17)4-3-12(16)10-18-19/h3-11H,1-2H3. The predicted molar refractivity (Wildman–Crippen MR) is 84.5 cm³/mol. The summed E-state index contributed by atoms with van der Waals surface area (Å²) in [6, 6.07) is 14.1. The molecule has 20 heavy (non-hydrogen) atoms. The molecule has 3 nitrogen and oxygen atoms in total. The summed E-state index contributed by atoms with van der Waals surface area (Å²) in [4.78, 5) is 0. The van der Waals surface area contributed by atoms with Crippen LogP contribution in [0.2, 0.25) is 0 Å². The van der Waals surface area contributed by atoms with Crippen molar-refractivity contribution < 1.29 is 4.74 Å². The molecule has 0 amide bonds. The van der Waals surface area contributed by atoms with Gasteiger partial charge in [0.2, 0.25) is 0 Å². The smallest absolute Gasteiger partial charge is 0.119 e. The SMILES string of the molecule is CC(C)Oc1ccc(-n2ncc3ccc(Br)cc32)cc1. The van der Waals surface area contributed by atoms with Crippen molar-refractivity contribution >= 4 is 26.8 Å². The Morgan fingerprint density at radius 2 is 1.85 bits per heavy atom. The van der Waals surface area contributed by atoms with Gasteiger partial charge in [0.25, 0.3) is 0 Å². The fraction of sp³-hybridized carbons (Fsp3) is 0.188. The van der Waals surface area contributed by atoms with Crippen molar-refractivity contribution in [3.63, 3.8) is 0 Å².